The first-order chi connectivity index (χ1) is 12.5. The number of anilines is 2. The maximum atomic E-state index is 12.1. The molecular weight excluding hydrogens is 352 g/mol. The van der Waals surface area contributed by atoms with Gasteiger partial charge in [0.1, 0.15) is 17.5 Å². The van der Waals surface area contributed by atoms with Crippen LogP contribution in [0.4, 0.5) is 11.6 Å². The molecule has 0 aromatic carbocycles. The molecule has 0 spiro atoms. The smallest absolute Gasteiger partial charge is 0.273 e. The minimum atomic E-state index is -0.272. The van der Waals surface area contributed by atoms with Crippen LogP contribution in [0.3, 0.4) is 0 Å². The molecule has 1 amide bonds. The predicted octanol–water partition coefficient (Wildman–Crippen LogP) is 2.41. The van der Waals surface area contributed by atoms with Crippen LogP contribution in [0.1, 0.15) is 16.3 Å². The normalized spacial score (nSPS) is 10.6. The molecule has 3 heterocycles. The molecule has 0 fully saturated rings. The molecule has 3 aromatic heterocycles. The summed E-state index contributed by atoms with van der Waals surface area (Å²) in [6, 6.07) is 7.35. The maximum absolute atomic E-state index is 12.1. The number of aryl methyl sites for hydroxylation is 1. The van der Waals surface area contributed by atoms with Gasteiger partial charge in [-0.15, -0.1) is 11.3 Å². The van der Waals surface area contributed by atoms with Crippen molar-refractivity contribution >= 4 is 28.9 Å². The molecule has 0 saturated heterocycles. The minimum absolute atomic E-state index is 0.265. The van der Waals surface area contributed by atoms with Gasteiger partial charge < -0.3 is 20.1 Å². The number of carbonyl (C=O) groups is 1. The third kappa shape index (κ3) is 4.37. The zero-order valence-corrected chi connectivity index (χ0v) is 15.6. The molecule has 8 nitrogen and oxygen atoms in total. The highest BCUT2D eigenvalue weighted by molar-refractivity contribution is 7.13. The number of hydrogen-bond donors (Lipinski definition) is 2. The minimum Gasteiger partial charge on any atom is -0.368 e. The van der Waals surface area contributed by atoms with E-state index in [4.69, 9.17) is 4.52 Å². The molecule has 0 unspecified atom stereocenters. The molecule has 2 N–H and O–H groups in total. The third-order valence-corrected chi connectivity index (χ3v) is 4.39. The first-order valence-electron chi connectivity index (χ1n) is 8.08. The summed E-state index contributed by atoms with van der Waals surface area (Å²) in [6.07, 6.45) is 0. The Labute approximate surface area is 155 Å². The fourth-order valence-corrected chi connectivity index (χ4v) is 2.92. The zero-order chi connectivity index (χ0) is 18.5. The van der Waals surface area contributed by atoms with Gasteiger partial charge in [0.25, 0.3) is 5.91 Å². The quantitative estimate of drug-likeness (QED) is 0.615. The Bertz CT molecular complexity index is 875. The fraction of sp³-hybridized carbons (Fsp3) is 0.294. The van der Waals surface area contributed by atoms with Crippen molar-refractivity contribution in [2.24, 2.45) is 0 Å². The average Bonchev–Trinajstić information content (AvgIpc) is 3.28. The van der Waals surface area contributed by atoms with E-state index in [1.807, 2.05) is 49.5 Å². The van der Waals surface area contributed by atoms with E-state index in [0.29, 0.717) is 24.7 Å². The number of hydrogen-bond acceptors (Lipinski definition) is 8. The fourth-order valence-electron chi connectivity index (χ4n) is 2.25. The summed E-state index contributed by atoms with van der Waals surface area (Å²) in [5, 5.41) is 11.8. The summed E-state index contributed by atoms with van der Waals surface area (Å²) < 4.78 is 5.22. The molecule has 0 saturated carbocycles. The number of aromatic nitrogens is 3. The lowest BCUT2D eigenvalue weighted by Gasteiger charge is -2.14. The monoisotopic (exact) mass is 372 g/mol. The molecule has 3 aromatic rings. The summed E-state index contributed by atoms with van der Waals surface area (Å²) in [6.45, 7) is 2.81. The van der Waals surface area contributed by atoms with Crippen LogP contribution in [-0.2, 0) is 0 Å². The second-order valence-electron chi connectivity index (χ2n) is 5.79. The molecule has 0 aliphatic carbocycles. The molecule has 0 atom stereocenters. The molecular formula is C17H20N6O2S. The summed E-state index contributed by atoms with van der Waals surface area (Å²) in [7, 11) is 3.85. The van der Waals surface area contributed by atoms with E-state index in [9.17, 15) is 4.79 Å². The summed E-state index contributed by atoms with van der Waals surface area (Å²) in [5.74, 6) is 2.55. The molecule has 26 heavy (non-hydrogen) atoms. The van der Waals surface area contributed by atoms with Gasteiger partial charge in [0.2, 0.25) is 0 Å². The highest BCUT2D eigenvalue weighted by Gasteiger charge is 2.13. The van der Waals surface area contributed by atoms with Crippen LogP contribution >= 0.6 is 11.3 Å². The Kier molecular flexibility index (Phi) is 5.47. The topological polar surface area (TPSA) is 96.2 Å². The van der Waals surface area contributed by atoms with Crippen molar-refractivity contribution in [1.82, 2.24) is 20.4 Å². The van der Waals surface area contributed by atoms with E-state index in [-0.39, 0.29) is 11.6 Å². The molecule has 0 aliphatic heterocycles. The van der Waals surface area contributed by atoms with Crippen molar-refractivity contribution in [3.63, 3.8) is 0 Å². The zero-order valence-electron chi connectivity index (χ0n) is 14.8. The van der Waals surface area contributed by atoms with E-state index in [1.165, 1.54) is 11.3 Å². The van der Waals surface area contributed by atoms with Crippen LogP contribution in [0.25, 0.3) is 10.6 Å². The van der Waals surface area contributed by atoms with Gasteiger partial charge in [-0.2, -0.15) is 0 Å². The molecule has 0 bridgehead atoms. The second-order valence-corrected chi connectivity index (χ2v) is 6.74. The number of nitrogens with one attached hydrogen (secondary N) is 2. The predicted molar refractivity (Wildman–Crippen MR) is 102 cm³/mol. The number of rotatable bonds is 7. The Balaban J connectivity index is 1.50. The highest BCUT2D eigenvalue weighted by atomic mass is 32.1. The lowest BCUT2D eigenvalue weighted by Crippen LogP contribution is -2.29. The van der Waals surface area contributed by atoms with Crippen molar-refractivity contribution in [1.29, 1.82) is 0 Å². The van der Waals surface area contributed by atoms with Crippen LogP contribution in [0, 0.1) is 6.92 Å². The van der Waals surface area contributed by atoms with Crippen molar-refractivity contribution in [3.05, 3.63) is 41.2 Å². The van der Waals surface area contributed by atoms with Gasteiger partial charge >= 0.3 is 0 Å². The van der Waals surface area contributed by atoms with Crippen molar-refractivity contribution in [2.75, 3.05) is 37.4 Å². The summed E-state index contributed by atoms with van der Waals surface area (Å²) >= 11 is 1.53. The number of amides is 1. The second kappa shape index (κ2) is 7.96. The maximum Gasteiger partial charge on any atom is 0.273 e. The van der Waals surface area contributed by atoms with Crippen molar-refractivity contribution in [2.45, 2.75) is 6.92 Å². The standard InChI is InChI=1S/C17H20N6O2S/c1-11-20-15(10-16(21-11)23(2)3)18-6-7-19-17(24)12-9-13(25-22-12)14-5-4-8-26-14/h4-5,8-10H,6-7H2,1-3H3,(H,19,24)(H,18,20,21). The van der Waals surface area contributed by atoms with Gasteiger partial charge in [0.05, 0.1) is 4.88 Å². The van der Waals surface area contributed by atoms with E-state index in [1.54, 1.807) is 6.07 Å². The Morgan fingerprint density at radius 2 is 2.12 bits per heavy atom. The van der Waals surface area contributed by atoms with Crippen LogP contribution in [-0.4, -0.2) is 48.2 Å². The average molecular weight is 372 g/mol. The van der Waals surface area contributed by atoms with Crippen LogP contribution in [0.2, 0.25) is 0 Å². The first-order valence-corrected chi connectivity index (χ1v) is 8.96. The van der Waals surface area contributed by atoms with E-state index >= 15 is 0 Å². The highest BCUT2D eigenvalue weighted by Crippen LogP contribution is 2.25. The van der Waals surface area contributed by atoms with Gasteiger partial charge in [0, 0.05) is 39.3 Å². The summed E-state index contributed by atoms with van der Waals surface area (Å²) in [5.41, 5.74) is 0.265. The van der Waals surface area contributed by atoms with Gasteiger partial charge in [0.15, 0.2) is 11.5 Å². The molecule has 9 heteroatoms. The Morgan fingerprint density at radius 1 is 1.27 bits per heavy atom. The van der Waals surface area contributed by atoms with E-state index in [0.717, 1.165) is 16.5 Å². The Hall–Kier alpha value is -2.94. The van der Waals surface area contributed by atoms with E-state index in [2.05, 4.69) is 25.8 Å². The van der Waals surface area contributed by atoms with Crippen molar-refractivity contribution < 1.29 is 9.32 Å². The Morgan fingerprint density at radius 3 is 2.85 bits per heavy atom. The summed E-state index contributed by atoms with van der Waals surface area (Å²) in [4.78, 5) is 23.7. The number of carbonyl (C=O) groups excluding carboxylic acids is 1. The number of nitrogens with zero attached hydrogens (tertiary/aromatic N) is 4. The van der Waals surface area contributed by atoms with Gasteiger partial charge in [-0.3, -0.25) is 4.79 Å². The van der Waals surface area contributed by atoms with Gasteiger partial charge in [-0.1, -0.05) is 11.2 Å². The van der Waals surface area contributed by atoms with Crippen LogP contribution in [0.15, 0.2) is 34.2 Å². The lowest BCUT2D eigenvalue weighted by molar-refractivity contribution is 0.0946. The first kappa shape index (κ1) is 17.9. The largest absolute Gasteiger partial charge is 0.368 e. The molecule has 3 rings (SSSR count). The third-order valence-electron chi connectivity index (χ3n) is 3.51. The van der Waals surface area contributed by atoms with Crippen LogP contribution < -0.4 is 15.5 Å². The molecule has 0 aliphatic rings. The van der Waals surface area contributed by atoms with Gasteiger partial charge in [-0.05, 0) is 18.4 Å². The van der Waals surface area contributed by atoms with E-state index < -0.39 is 0 Å². The SMILES string of the molecule is Cc1nc(NCCNC(=O)c2cc(-c3cccs3)on2)cc(N(C)C)n1. The molecule has 0 radical (unpaired) electrons. The van der Waals surface area contributed by atoms with Gasteiger partial charge in [-0.25, -0.2) is 9.97 Å². The molecule has 136 valence electrons. The lowest BCUT2D eigenvalue weighted by atomic mass is 10.3. The number of thiophene rings is 1. The van der Waals surface area contributed by atoms with Crippen molar-refractivity contribution in [3.8, 4) is 10.6 Å². The van der Waals surface area contributed by atoms with Crippen LogP contribution in [0.5, 0.6) is 0 Å².